The number of nitrogens with one attached hydrogen (secondary N) is 1. The van der Waals surface area contributed by atoms with Gasteiger partial charge in [0.2, 0.25) is 0 Å². The number of likely N-dealkylation sites (tertiary alicyclic amines) is 1. The number of rotatable bonds is 3. The molecule has 1 atom stereocenters. The van der Waals surface area contributed by atoms with Gasteiger partial charge in [0.15, 0.2) is 0 Å². The predicted octanol–water partition coefficient (Wildman–Crippen LogP) is 3.07. The van der Waals surface area contributed by atoms with E-state index in [1.54, 1.807) is 18.2 Å². The van der Waals surface area contributed by atoms with Gasteiger partial charge in [0.05, 0.1) is 15.6 Å². The van der Waals surface area contributed by atoms with Crippen LogP contribution in [0.5, 0.6) is 0 Å². The molecule has 0 aromatic heterocycles. The number of carbonyl (C=O) groups excluding carboxylic acids is 1. The summed E-state index contributed by atoms with van der Waals surface area (Å²) in [5.74, 6) is 0.494. The van der Waals surface area contributed by atoms with Crippen LogP contribution in [-0.4, -0.2) is 37.5 Å². The lowest BCUT2D eigenvalue weighted by atomic mass is 9.97. The van der Waals surface area contributed by atoms with Gasteiger partial charge in [-0.15, -0.1) is 0 Å². The van der Waals surface area contributed by atoms with E-state index in [1.165, 1.54) is 0 Å². The Morgan fingerprint density at radius 3 is 3.00 bits per heavy atom. The van der Waals surface area contributed by atoms with Crippen molar-refractivity contribution in [2.75, 3.05) is 26.7 Å². The summed E-state index contributed by atoms with van der Waals surface area (Å²) < 4.78 is 0. The molecule has 1 fully saturated rings. The highest BCUT2D eigenvalue weighted by Gasteiger charge is 2.25. The van der Waals surface area contributed by atoms with Gasteiger partial charge in [-0.3, -0.25) is 4.79 Å². The molecule has 1 aromatic carbocycles. The van der Waals surface area contributed by atoms with E-state index in [-0.39, 0.29) is 5.91 Å². The Balaban J connectivity index is 2.12. The van der Waals surface area contributed by atoms with E-state index in [0.29, 0.717) is 21.5 Å². The molecule has 2 rings (SSSR count). The highest BCUT2D eigenvalue weighted by Crippen LogP contribution is 2.27. The van der Waals surface area contributed by atoms with Crippen LogP contribution in [0.4, 0.5) is 0 Å². The Labute approximate surface area is 123 Å². The van der Waals surface area contributed by atoms with Crippen molar-refractivity contribution in [3.63, 3.8) is 0 Å². The highest BCUT2D eigenvalue weighted by atomic mass is 35.5. The number of benzene rings is 1. The van der Waals surface area contributed by atoms with Gasteiger partial charge >= 0.3 is 0 Å². The fraction of sp³-hybridized carbons (Fsp3) is 0.500. The third kappa shape index (κ3) is 3.41. The molecule has 0 radical (unpaired) electrons. The molecule has 1 aliphatic rings. The molecule has 1 aliphatic heterocycles. The Kier molecular flexibility index (Phi) is 5.08. The molecule has 0 saturated carbocycles. The summed E-state index contributed by atoms with van der Waals surface area (Å²) in [6, 6.07) is 5.19. The molecule has 1 N–H and O–H groups in total. The maximum atomic E-state index is 12.5. The van der Waals surface area contributed by atoms with Crippen molar-refractivity contribution < 1.29 is 4.79 Å². The van der Waals surface area contributed by atoms with Gasteiger partial charge in [-0.05, 0) is 44.5 Å². The molecule has 3 nitrogen and oxygen atoms in total. The molecule has 1 aromatic rings. The van der Waals surface area contributed by atoms with Crippen molar-refractivity contribution in [3.8, 4) is 0 Å². The Bertz CT molecular complexity index is 463. The average Bonchev–Trinajstić information content (AvgIpc) is 2.42. The van der Waals surface area contributed by atoms with Crippen LogP contribution >= 0.6 is 23.2 Å². The second-order valence-electron chi connectivity index (χ2n) is 4.92. The lowest BCUT2D eigenvalue weighted by Gasteiger charge is -2.33. The zero-order valence-electron chi connectivity index (χ0n) is 11.0. The molecule has 0 bridgehead atoms. The van der Waals surface area contributed by atoms with Crippen molar-refractivity contribution in [1.82, 2.24) is 10.2 Å². The van der Waals surface area contributed by atoms with E-state index in [9.17, 15) is 4.79 Å². The summed E-state index contributed by atoms with van der Waals surface area (Å²) in [5, 5.41) is 3.95. The smallest absolute Gasteiger partial charge is 0.255 e. The van der Waals surface area contributed by atoms with E-state index < -0.39 is 0 Å². The first-order valence-electron chi connectivity index (χ1n) is 6.51. The first-order chi connectivity index (χ1) is 9.13. The number of nitrogens with zero attached hydrogens (tertiary/aromatic N) is 1. The summed E-state index contributed by atoms with van der Waals surface area (Å²) in [7, 11) is 1.94. The van der Waals surface area contributed by atoms with Crippen molar-refractivity contribution in [2.24, 2.45) is 5.92 Å². The van der Waals surface area contributed by atoms with Crippen LogP contribution in [-0.2, 0) is 0 Å². The molecule has 1 heterocycles. The molecule has 0 unspecified atom stereocenters. The van der Waals surface area contributed by atoms with E-state index in [0.717, 1.165) is 32.5 Å². The summed E-state index contributed by atoms with van der Waals surface area (Å²) >= 11 is 12.1. The number of hydrogen-bond acceptors (Lipinski definition) is 2. The minimum atomic E-state index is -0.0201. The quantitative estimate of drug-likeness (QED) is 0.930. The maximum Gasteiger partial charge on any atom is 0.255 e. The monoisotopic (exact) mass is 300 g/mol. The van der Waals surface area contributed by atoms with E-state index in [1.807, 2.05) is 11.9 Å². The van der Waals surface area contributed by atoms with Crippen LogP contribution in [0.1, 0.15) is 23.2 Å². The molecule has 104 valence electrons. The van der Waals surface area contributed by atoms with Crippen LogP contribution in [0.3, 0.4) is 0 Å². The number of carbonyl (C=O) groups is 1. The van der Waals surface area contributed by atoms with Crippen molar-refractivity contribution in [2.45, 2.75) is 12.8 Å². The lowest BCUT2D eigenvalue weighted by molar-refractivity contribution is 0.0674. The number of piperidine rings is 1. The van der Waals surface area contributed by atoms with Crippen LogP contribution in [0.15, 0.2) is 18.2 Å². The maximum absolute atomic E-state index is 12.5. The Hall–Kier alpha value is -0.770. The summed E-state index contributed by atoms with van der Waals surface area (Å²) in [5.41, 5.74) is 0.499. The summed E-state index contributed by atoms with van der Waals surface area (Å²) in [6.45, 7) is 2.51. The van der Waals surface area contributed by atoms with Gasteiger partial charge in [-0.25, -0.2) is 0 Å². The van der Waals surface area contributed by atoms with Crippen LogP contribution in [0, 0.1) is 5.92 Å². The van der Waals surface area contributed by atoms with Crippen molar-refractivity contribution in [1.29, 1.82) is 0 Å². The first kappa shape index (κ1) is 14.6. The normalized spacial score (nSPS) is 19.5. The standard InChI is InChI=1S/C14H18Cl2N2O/c1-17-8-10-4-3-7-18(9-10)14(19)11-5-2-6-12(15)13(11)16/h2,5-6,10,17H,3-4,7-9H2,1H3/t10-/m1/s1. The number of hydrogen-bond donors (Lipinski definition) is 1. The van der Waals surface area contributed by atoms with Gasteiger partial charge in [0, 0.05) is 13.1 Å². The summed E-state index contributed by atoms with van der Waals surface area (Å²) in [4.78, 5) is 14.4. The zero-order valence-corrected chi connectivity index (χ0v) is 12.5. The van der Waals surface area contributed by atoms with Crippen LogP contribution < -0.4 is 5.32 Å². The lowest BCUT2D eigenvalue weighted by Crippen LogP contribution is -2.42. The molecule has 0 spiro atoms. The molecular weight excluding hydrogens is 283 g/mol. The molecule has 0 aliphatic carbocycles. The largest absolute Gasteiger partial charge is 0.338 e. The van der Waals surface area contributed by atoms with Gasteiger partial charge in [-0.1, -0.05) is 29.3 Å². The number of halogens is 2. The highest BCUT2D eigenvalue weighted by molar-refractivity contribution is 6.43. The Morgan fingerprint density at radius 2 is 2.26 bits per heavy atom. The predicted molar refractivity (Wildman–Crippen MR) is 79.0 cm³/mol. The van der Waals surface area contributed by atoms with E-state index in [4.69, 9.17) is 23.2 Å². The fourth-order valence-electron chi connectivity index (χ4n) is 2.54. The van der Waals surface area contributed by atoms with Gasteiger partial charge < -0.3 is 10.2 Å². The van der Waals surface area contributed by atoms with Crippen LogP contribution in [0.25, 0.3) is 0 Å². The van der Waals surface area contributed by atoms with Crippen molar-refractivity contribution >= 4 is 29.1 Å². The minimum Gasteiger partial charge on any atom is -0.338 e. The van der Waals surface area contributed by atoms with E-state index in [2.05, 4.69) is 5.32 Å². The first-order valence-corrected chi connectivity index (χ1v) is 7.27. The molecule has 1 amide bonds. The topological polar surface area (TPSA) is 32.3 Å². The SMILES string of the molecule is CNC[C@H]1CCCN(C(=O)c2cccc(Cl)c2Cl)C1. The van der Waals surface area contributed by atoms with Gasteiger partial charge in [-0.2, -0.15) is 0 Å². The van der Waals surface area contributed by atoms with E-state index >= 15 is 0 Å². The second-order valence-corrected chi connectivity index (χ2v) is 5.70. The third-order valence-corrected chi connectivity index (χ3v) is 4.30. The van der Waals surface area contributed by atoms with Crippen molar-refractivity contribution in [3.05, 3.63) is 33.8 Å². The third-order valence-electron chi connectivity index (χ3n) is 3.48. The average molecular weight is 301 g/mol. The second kappa shape index (κ2) is 6.60. The zero-order chi connectivity index (χ0) is 13.8. The fourth-order valence-corrected chi connectivity index (χ4v) is 2.93. The minimum absolute atomic E-state index is 0.0201. The Morgan fingerprint density at radius 1 is 1.47 bits per heavy atom. The number of amides is 1. The molecular formula is C14H18Cl2N2O. The van der Waals surface area contributed by atoms with Crippen LogP contribution in [0.2, 0.25) is 10.0 Å². The van der Waals surface area contributed by atoms with Gasteiger partial charge in [0.1, 0.15) is 0 Å². The molecule has 5 heteroatoms. The molecule has 19 heavy (non-hydrogen) atoms. The summed E-state index contributed by atoms with van der Waals surface area (Å²) in [6.07, 6.45) is 2.20. The van der Waals surface area contributed by atoms with Gasteiger partial charge in [0.25, 0.3) is 5.91 Å². The molecule has 1 saturated heterocycles.